The first-order valence-electron chi connectivity index (χ1n) is 5.39. The zero-order valence-corrected chi connectivity index (χ0v) is 9.37. The van der Waals surface area contributed by atoms with Crippen LogP contribution in [0.3, 0.4) is 0 Å². The lowest BCUT2D eigenvalue weighted by Crippen LogP contribution is -2.10. The molecule has 0 unspecified atom stereocenters. The number of ether oxygens (including phenoxy) is 1. The molecule has 17 heavy (non-hydrogen) atoms. The van der Waals surface area contributed by atoms with Gasteiger partial charge in [0.05, 0.1) is 12.2 Å². The number of nitrogens with two attached hydrogens (primary N) is 1. The van der Waals surface area contributed by atoms with Crippen LogP contribution >= 0.6 is 0 Å². The fourth-order valence-electron chi connectivity index (χ4n) is 1.47. The SMILES string of the molecule is Nc1ccccc1OCCn1ccc(=O)cc1. The lowest BCUT2D eigenvalue weighted by atomic mass is 10.3. The van der Waals surface area contributed by atoms with Crippen molar-refractivity contribution in [1.29, 1.82) is 0 Å². The van der Waals surface area contributed by atoms with Gasteiger partial charge in [-0.3, -0.25) is 4.79 Å². The number of hydrogen-bond acceptors (Lipinski definition) is 3. The topological polar surface area (TPSA) is 57.2 Å². The van der Waals surface area contributed by atoms with E-state index >= 15 is 0 Å². The van der Waals surface area contributed by atoms with Crippen LogP contribution in [0.5, 0.6) is 5.75 Å². The predicted octanol–water partition coefficient (Wildman–Crippen LogP) is 1.51. The van der Waals surface area contributed by atoms with Crippen LogP contribution in [0, 0.1) is 0 Å². The van der Waals surface area contributed by atoms with E-state index in [1.54, 1.807) is 18.5 Å². The van der Waals surface area contributed by atoms with Gasteiger partial charge in [-0.2, -0.15) is 0 Å². The Labute approximate surface area is 99.3 Å². The van der Waals surface area contributed by atoms with Gasteiger partial charge in [-0.15, -0.1) is 0 Å². The Morgan fingerprint density at radius 2 is 1.82 bits per heavy atom. The molecule has 0 amide bonds. The summed E-state index contributed by atoms with van der Waals surface area (Å²) in [7, 11) is 0. The second-order valence-corrected chi connectivity index (χ2v) is 3.66. The third-order valence-corrected chi connectivity index (χ3v) is 2.39. The van der Waals surface area contributed by atoms with Gasteiger partial charge < -0.3 is 15.0 Å². The average molecular weight is 230 g/mol. The van der Waals surface area contributed by atoms with E-state index in [1.165, 1.54) is 12.1 Å². The maximum absolute atomic E-state index is 10.9. The van der Waals surface area contributed by atoms with Crippen LogP contribution in [0.1, 0.15) is 0 Å². The maximum Gasteiger partial charge on any atom is 0.181 e. The van der Waals surface area contributed by atoms with Gasteiger partial charge in [-0.1, -0.05) is 12.1 Å². The minimum absolute atomic E-state index is 0.00877. The number of anilines is 1. The summed E-state index contributed by atoms with van der Waals surface area (Å²) in [5.41, 5.74) is 6.39. The molecule has 2 aromatic rings. The Morgan fingerprint density at radius 1 is 1.12 bits per heavy atom. The van der Waals surface area contributed by atoms with Gasteiger partial charge in [0.2, 0.25) is 0 Å². The number of hydrogen-bond donors (Lipinski definition) is 1. The molecule has 2 N–H and O–H groups in total. The van der Waals surface area contributed by atoms with Gasteiger partial charge in [-0.25, -0.2) is 0 Å². The molecule has 0 aliphatic rings. The second kappa shape index (κ2) is 5.21. The van der Waals surface area contributed by atoms with Gasteiger partial charge in [0.15, 0.2) is 5.43 Å². The van der Waals surface area contributed by atoms with Crippen LogP contribution in [0.4, 0.5) is 5.69 Å². The monoisotopic (exact) mass is 230 g/mol. The summed E-state index contributed by atoms with van der Waals surface area (Å²) in [6.45, 7) is 1.19. The summed E-state index contributed by atoms with van der Waals surface area (Å²) in [6, 6.07) is 10.4. The molecule has 1 aromatic heterocycles. The molecular formula is C13H14N2O2. The standard InChI is InChI=1S/C13H14N2O2/c14-12-3-1-2-4-13(12)17-10-9-15-7-5-11(16)6-8-15/h1-8H,9-10,14H2. The Kier molecular flexibility index (Phi) is 3.45. The summed E-state index contributed by atoms with van der Waals surface area (Å²) in [5, 5.41) is 0. The molecule has 0 radical (unpaired) electrons. The number of nitrogen functional groups attached to an aromatic ring is 1. The van der Waals surface area contributed by atoms with Crippen LogP contribution < -0.4 is 15.9 Å². The van der Waals surface area contributed by atoms with Gasteiger partial charge in [0.1, 0.15) is 12.4 Å². The molecule has 0 fully saturated rings. The van der Waals surface area contributed by atoms with Crippen molar-refractivity contribution in [1.82, 2.24) is 4.57 Å². The number of rotatable bonds is 4. The largest absolute Gasteiger partial charge is 0.490 e. The lowest BCUT2D eigenvalue weighted by molar-refractivity contribution is 0.299. The Bertz CT molecular complexity index is 529. The van der Waals surface area contributed by atoms with Crippen molar-refractivity contribution < 1.29 is 4.74 Å². The molecule has 0 atom stereocenters. The minimum Gasteiger partial charge on any atom is -0.490 e. The van der Waals surface area contributed by atoms with Crippen LogP contribution in [0.15, 0.2) is 53.6 Å². The van der Waals surface area contributed by atoms with Crippen LogP contribution in [-0.2, 0) is 6.54 Å². The summed E-state index contributed by atoms with van der Waals surface area (Å²) in [4.78, 5) is 10.9. The van der Waals surface area contributed by atoms with Crippen LogP contribution in [0.25, 0.3) is 0 Å². The highest BCUT2D eigenvalue weighted by Gasteiger charge is 1.97. The lowest BCUT2D eigenvalue weighted by Gasteiger charge is -2.09. The quantitative estimate of drug-likeness (QED) is 0.810. The molecule has 4 heteroatoms. The van der Waals surface area contributed by atoms with Crippen LogP contribution in [-0.4, -0.2) is 11.2 Å². The summed E-state index contributed by atoms with van der Waals surface area (Å²) < 4.78 is 7.44. The van der Waals surface area contributed by atoms with Crippen molar-refractivity contribution in [2.24, 2.45) is 0 Å². The highest BCUT2D eigenvalue weighted by Crippen LogP contribution is 2.19. The molecule has 0 aliphatic heterocycles. The third-order valence-electron chi connectivity index (χ3n) is 2.39. The van der Waals surface area contributed by atoms with Crippen molar-refractivity contribution in [3.8, 4) is 5.75 Å². The normalized spacial score (nSPS) is 10.1. The Balaban J connectivity index is 1.90. The summed E-state index contributed by atoms with van der Waals surface area (Å²) in [5.74, 6) is 0.688. The molecule has 0 saturated heterocycles. The van der Waals surface area contributed by atoms with E-state index in [1.807, 2.05) is 22.8 Å². The second-order valence-electron chi connectivity index (χ2n) is 3.66. The zero-order chi connectivity index (χ0) is 12.1. The number of pyridine rings is 1. The zero-order valence-electron chi connectivity index (χ0n) is 9.37. The number of para-hydroxylation sites is 2. The van der Waals surface area contributed by atoms with Gasteiger partial charge in [0.25, 0.3) is 0 Å². The molecule has 0 aliphatic carbocycles. The summed E-state index contributed by atoms with van der Waals surface area (Å²) in [6.07, 6.45) is 3.47. The molecule has 2 rings (SSSR count). The highest BCUT2D eigenvalue weighted by molar-refractivity contribution is 5.51. The van der Waals surface area contributed by atoms with Gasteiger partial charge >= 0.3 is 0 Å². The molecule has 0 saturated carbocycles. The van der Waals surface area contributed by atoms with Crippen molar-refractivity contribution in [2.45, 2.75) is 6.54 Å². The van der Waals surface area contributed by atoms with E-state index < -0.39 is 0 Å². The first kappa shape index (κ1) is 11.3. The van der Waals surface area contributed by atoms with Crippen molar-refractivity contribution in [3.05, 3.63) is 59.0 Å². The molecular weight excluding hydrogens is 216 g/mol. The van der Waals surface area contributed by atoms with E-state index in [0.717, 1.165) is 0 Å². The van der Waals surface area contributed by atoms with E-state index in [-0.39, 0.29) is 5.43 Å². The molecule has 1 heterocycles. The smallest absolute Gasteiger partial charge is 0.181 e. The fourth-order valence-corrected chi connectivity index (χ4v) is 1.47. The molecule has 0 spiro atoms. The highest BCUT2D eigenvalue weighted by atomic mass is 16.5. The average Bonchev–Trinajstić information content (AvgIpc) is 2.34. The van der Waals surface area contributed by atoms with Gasteiger partial charge in [0, 0.05) is 24.5 Å². The third kappa shape index (κ3) is 3.11. The molecule has 88 valence electrons. The Hall–Kier alpha value is -2.23. The summed E-state index contributed by atoms with van der Waals surface area (Å²) >= 11 is 0. The van der Waals surface area contributed by atoms with E-state index in [2.05, 4.69) is 0 Å². The number of nitrogens with zero attached hydrogens (tertiary/aromatic N) is 1. The van der Waals surface area contributed by atoms with Crippen molar-refractivity contribution in [3.63, 3.8) is 0 Å². The van der Waals surface area contributed by atoms with Crippen molar-refractivity contribution in [2.75, 3.05) is 12.3 Å². The molecule has 4 nitrogen and oxygen atoms in total. The molecule has 1 aromatic carbocycles. The maximum atomic E-state index is 10.9. The van der Waals surface area contributed by atoms with E-state index in [9.17, 15) is 4.79 Å². The molecule has 0 bridgehead atoms. The fraction of sp³-hybridized carbons (Fsp3) is 0.154. The predicted molar refractivity (Wildman–Crippen MR) is 67.1 cm³/mol. The first-order valence-corrected chi connectivity index (χ1v) is 5.39. The van der Waals surface area contributed by atoms with Crippen LogP contribution in [0.2, 0.25) is 0 Å². The number of benzene rings is 1. The van der Waals surface area contributed by atoms with Gasteiger partial charge in [-0.05, 0) is 12.1 Å². The van der Waals surface area contributed by atoms with E-state index in [0.29, 0.717) is 24.6 Å². The first-order chi connectivity index (χ1) is 8.25. The Morgan fingerprint density at radius 3 is 2.53 bits per heavy atom. The number of aromatic nitrogens is 1. The minimum atomic E-state index is 0.00877. The van der Waals surface area contributed by atoms with E-state index in [4.69, 9.17) is 10.5 Å². The van der Waals surface area contributed by atoms with Crippen molar-refractivity contribution >= 4 is 5.69 Å².